The maximum Gasteiger partial charge on any atom is 0.280 e. The van der Waals surface area contributed by atoms with Gasteiger partial charge in [-0.2, -0.15) is 5.26 Å². The Labute approximate surface area is 164 Å². The van der Waals surface area contributed by atoms with E-state index < -0.39 is 0 Å². The number of fused-ring (bicyclic) bond motifs is 1. The highest BCUT2D eigenvalue weighted by molar-refractivity contribution is 7.16. The van der Waals surface area contributed by atoms with Crippen molar-refractivity contribution >= 4 is 27.9 Å². The molecule has 1 aromatic carbocycles. The molecule has 1 aromatic heterocycles. The molecule has 2 aromatic rings. The molecule has 0 spiro atoms. The van der Waals surface area contributed by atoms with Gasteiger partial charge in [-0.1, -0.05) is 18.2 Å². The number of nitrogens with one attached hydrogen (secondary N) is 2. The van der Waals surface area contributed by atoms with E-state index in [-0.39, 0.29) is 5.91 Å². The van der Waals surface area contributed by atoms with Crippen molar-refractivity contribution in [1.29, 1.82) is 5.26 Å². The van der Waals surface area contributed by atoms with Crippen LogP contribution < -0.4 is 15.1 Å². The van der Waals surface area contributed by atoms with Gasteiger partial charge in [-0.15, -0.1) is 11.3 Å². The van der Waals surface area contributed by atoms with Crippen LogP contribution in [0.4, 0.5) is 10.7 Å². The van der Waals surface area contributed by atoms with Crippen molar-refractivity contribution in [2.75, 3.05) is 42.9 Å². The van der Waals surface area contributed by atoms with E-state index in [0.29, 0.717) is 12.1 Å². The van der Waals surface area contributed by atoms with E-state index in [9.17, 15) is 10.1 Å². The molecule has 5 nitrogen and oxygen atoms in total. The number of nitrogens with zero attached hydrogens (tertiary/aromatic N) is 2. The number of quaternary nitrogens is 1. The Balaban J connectivity index is 1.33. The zero-order valence-electron chi connectivity index (χ0n) is 15.5. The number of aryl methyl sites for hydroxylation is 1. The highest BCUT2D eigenvalue weighted by Crippen LogP contribution is 2.37. The molecule has 27 heavy (non-hydrogen) atoms. The minimum atomic E-state index is 0.0215. The Morgan fingerprint density at radius 3 is 2.67 bits per heavy atom. The lowest BCUT2D eigenvalue weighted by atomic mass is 9.96. The molecule has 2 heterocycles. The first-order valence-corrected chi connectivity index (χ1v) is 10.5. The Hall–Kier alpha value is -2.36. The van der Waals surface area contributed by atoms with E-state index in [2.05, 4.69) is 40.6 Å². The number of benzene rings is 1. The molecule has 2 N–H and O–H groups in total. The van der Waals surface area contributed by atoms with Crippen LogP contribution in [0.2, 0.25) is 0 Å². The van der Waals surface area contributed by atoms with Gasteiger partial charge in [0.25, 0.3) is 5.91 Å². The van der Waals surface area contributed by atoms with Crippen LogP contribution in [0.1, 0.15) is 28.8 Å². The standard InChI is InChI=1S/C21H24N4OS/c22-14-18-17-8-4-5-9-19(17)27-21(18)23-20(26)15-24-10-12-25(13-11-24)16-6-2-1-3-7-16/h1-3,6-7H,4-5,8-13,15H2,(H,23,26)/p+1. The first-order chi connectivity index (χ1) is 13.2. The van der Waals surface area contributed by atoms with Crippen molar-refractivity contribution in [2.45, 2.75) is 25.7 Å². The van der Waals surface area contributed by atoms with Crippen molar-refractivity contribution in [1.82, 2.24) is 0 Å². The number of amides is 1. The summed E-state index contributed by atoms with van der Waals surface area (Å²) < 4.78 is 0. The van der Waals surface area contributed by atoms with E-state index in [1.54, 1.807) is 11.3 Å². The number of thiophene rings is 1. The van der Waals surface area contributed by atoms with Crippen molar-refractivity contribution in [3.05, 3.63) is 46.3 Å². The third-order valence-corrected chi connectivity index (χ3v) is 6.75. The third-order valence-electron chi connectivity index (χ3n) is 5.54. The molecule has 1 saturated heterocycles. The second kappa shape index (κ2) is 8.12. The topological polar surface area (TPSA) is 60.6 Å². The fourth-order valence-corrected chi connectivity index (χ4v) is 5.32. The summed E-state index contributed by atoms with van der Waals surface area (Å²) in [6.45, 7) is 4.30. The lowest BCUT2D eigenvalue weighted by molar-refractivity contribution is -0.892. The highest BCUT2D eigenvalue weighted by Gasteiger charge is 2.25. The number of carbonyl (C=O) groups is 1. The van der Waals surface area contributed by atoms with Gasteiger partial charge in [0.1, 0.15) is 11.1 Å². The van der Waals surface area contributed by atoms with Crippen LogP contribution in [0.3, 0.4) is 0 Å². The van der Waals surface area contributed by atoms with E-state index in [0.717, 1.165) is 50.4 Å². The van der Waals surface area contributed by atoms with Crippen LogP contribution in [0, 0.1) is 11.3 Å². The smallest absolute Gasteiger partial charge is 0.280 e. The average Bonchev–Trinajstić information content (AvgIpc) is 3.06. The molecule has 1 amide bonds. The summed E-state index contributed by atoms with van der Waals surface area (Å²) in [5.74, 6) is 0.0215. The summed E-state index contributed by atoms with van der Waals surface area (Å²) in [6, 6.07) is 12.8. The van der Waals surface area contributed by atoms with E-state index in [1.807, 2.05) is 6.07 Å². The molecule has 0 atom stereocenters. The Morgan fingerprint density at radius 1 is 1.19 bits per heavy atom. The highest BCUT2D eigenvalue weighted by atomic mass is 32.1. The van der Waals surface area contributed by atoms with Crippen LogP contribution in [0.25, 0.3) is 0 Å². The quantitative estimate of drug-likeness (QED) is 0.850. The summed E-state index contributed by atoms with van der Waals surface area (Å²) in [4.78, 5) is 17.5. The van der Waals surface area contributed by atoms with Crippen molar-refractivity contribution in [3.8, 4) is 6.07 Å². The van der Waals surface area contributed by atoms with Crippen LogP contribution in [0.15, 0.2) is 30.3 Å². The molecule has 140 valence electrons. The Bertz CT molecular complexity index is 847. The molecule has 0 unspecified atom stereocenters. The Kier molecular flexibility index (Phi) is 5.42. The number of rotatable bonds is 4. The molecule has 6 heteroatoms. The van der Waals surface area contributed by atoms with Gasteiger partial charge in [0.2, 0.25) is 0 Å². The van der Waals surface area contributed by atoms with Gasteiger partial charge < -0.3 is 15.1 Å². The molecule has 4 rings (SSSR count). The summed E-state index contributed by atoms with van der Waals surface area (Å²) >= 11 is 1.60. The summed E-state index contributed by atoms with van der Waals surface area (Å²) in [5, 5.41) is 13.3. The number of hydrogen-bond donors (Lipinski definition) is 2. The molecule has 0 radical (unpaired) electrons. The number of nitriles is 1. The second-order valence-corrected chi connectivity index (χ2v) is 8.43. The lowest BCUT2D eigenvalue weighted by Gasteiger charge is -2.33. The van der Waals surface area contributed by atoms with Crippen molar-refractivity contribution < 1.29 is 9.69 Å². The van der Waals surface area contributed by atoms with Gasteiger partial charge in [0.15, 0.2) is 6.54 Å². The van der Waals surface area contributed by atoms with Gasteiger partial charge in [-0.05, 0) is 43.4 Å². The average molecular weight is 382 g/mol. The predicted octanol–water partition coefficient (Wildman–Crippen LogP) is 1.84. The number of piperazine rings is 1. The number of anilines is 2. The van der Waals surface area contributed by atoms with Gasteiger partial charge in [-0.25, -0.2) is 0 Å². The fourth-order valence-electron chi connectivity index (χ4n) is 4.07. The molecule has 1 aliphatic heterocycles. The first-order valence-electron chi connectivity index (χ1n) is 9.72. The monoisotopic (exact) mass is 381 g/mol. The van der Waals surface area contributed by atoms with Gasteiger partial charge >= 0.3 is 0 Å². The van der Waals surface area contributed by atoms with E-state index in [4.69, 9.17) is 0 Å². The number of hydrogen-bond acceptors (Lipinski definition) is 4. The fraction of sp³-hybridized carbons (Fsp3) is 0.429. The van der Waals surface area contributed by atoms with Gasteiger partial charge in [0.05, 0.1) is 31.7 Å². The Morgan fingerprint density at radius 2 is 1.93 bits per heavy atom. The maximum absolute atomic E-state index is 12.6. The molecular weight excluding hydrogens is 356 g/mol. The largest absolute Gasteiger partial charge is 0.360 e. The molecule has 2 aliphatic rings. The van der Waals surface area contributed by atoms with Crippen LogP contribution in [0.5, 0.6) is 0 Å². The normalized spacial score (nSPS) is 17.2. The summed E-state index contributed by atoms with van der Waals surface area (Å²) in [6.07, 6.45) is 4.33. The lowest BCUT2D eigenvalue weighted by Crippen LogP contribution is -3.15. The second-order valence-electron chi connectivity index (χ2n) is 7.32. The molecule has 0 bridgehead atoms. The predicted molar refractivity (Wildman–Crippen MR) is 109 cm³/mol. The van der Waals surface area contributed by atoms with Gasteiger partial charge in [-0.3, -0.25) is 4.79 Å². The molecule has 1 aliphatic carbocycles. The summed E-state index contributed by atoms with van der Waals surface area (Å²) in [7, 11) is 0. The SMILES string of the molecule is N#Cc1c(NC(=O)C[NH+]2CCN(c3ccccc3)CC2)sc2c1CCCC2. The zero-order valence-corrected chi connectivity index (χ0v) is 16.3. The van der Waals surface area contributed by atoms with Crippen molar-refractivity contribution in [2.24, 2.45) is 0 Å². The van der Waals surface area contributed by atoms with Crippen LogP contribution in [-0.2, 0) is 17.6 Å². The molecule has 1 fully saturated rings. The van der Waals surface area contributed by atoms with E-state index in [1.165, 1.54) is 27.4 Å². The minimum absolute atomic E-state index is 0.0215. The molecular formula is C21H25N4OS+. The minimum Gasteiger partial charge on any atom is -0.360 e. The van der Waals surface area contributed by atoms with Crippen LogP contribution >= 0.6 is 11.3 Å². The number of para-hydroxylation sites is 1. The van der Waals surface area contributed by atoms with E-state index >= 15 is 0 Å². The maximum atomic E-state index is 12.6. The first kappa shape index (κ1) is 18.0. The van der Waals surface area contributed by atoms with Gasteiger partial charge in [0, 0.05) is 10.6 Å². The summed E-state index contributed by atoms with van der Waals surface area (Å²) in [5.41, 5.74) is 3.13. The zero-order chi connectivity index (χ0) is 18.6. The van der Waals surface area contributed by atoms with Crippen LogP contribution in [-0.4, -0.2) is 38.6 Å². The third kappa shape index (κ3) is 4.00. The number of carbonyl (C=O) groups excluding carboxylic acids is 1. The molecule has 0 saturated carbocycles. The van der Waals surface area contributed by atoms with Crippen molar-refractivity contribution in [3.63, 3.8) is 0 Å².